The van der Waals surface area contributed by atoms with Crippen molar-refractivity contribution >= 4 is 27.6 Å². The maximum atomic E-state index is 12.6. The van der Waals surface area contributed by atoms with Crippen LogP contribution < -0.4 is 10.9 Å². The molecule has 2 N–H and O–H groups in total. The number of aromatic amines is 1. The number of aromatic nitrogens is 1. The minimum atomic E-state index is -0.124. The van der Waals surface area contributed by atoms with E-state index in [0.717, 1.165) is 32.8 Å². The zero-order valence-corrected chi connectivity index (χ0v) is 16.0. The van der Waals surface area contributed by atoms with Gasteiger partial charge in [0.15, 0.2) is 0 Å². The van der Waals surface area contributed by atoms with Crippen molar-refractivity contribution in [1.29, 1.82) is 0 Å². The Balaban J connectivity index is 1.54. The van der Waals surface area contributed by atoms with E-state index in [2.05, 4.69) is 16.4 Å². The Morgan fingerprint density at radius 1 is 0.929 bits per heavy atom. The molecule has 0 spiro atoms. The number of pyridine rings is 1. The lowest BCUT2D eigenvalue weighted by Gasteiger charge is -2.10. The van der Waals surface area contributed by atoms with Crippen LogP contribution in [0.1, 0.15) is 27.0 Å². The molecular formula is C24H22N2O2. The van der Waals surface area contributed by atoms with E-state index >= 15 is 0 Å². The molecule has 1 aromatic heterocycles. The standard InChI is InChI=1S/C24H22N2O2/c1-15-10-11-16(2)22-21(15)14-18(23(27)26-22)12-13-25-24(28)20-9-5-7-17-6-3-4-8-19(17)20/h3-11,14H,12-13H2,1-2H3,(H,25,28)(H,26,27). The third kappa shape index (κ3) is 3.29. The average molecular weight is 370 g/mol. The predicted octanol–water partition coefficient (Wildman–Crippen LogP) is 4.27. The Morgan fingerprint density at radius 3 is 2.54 bits per heavy atom. The van der Waals surface area contributed by atoms with E-state index in [0.29, 0.717) is 24.1 Å². The van der Waals surface area contributed by atoms with Crippen LogP contribution >= 0.6 is 0 Å². The number of carbonyl (C=O) groups is 1. The van der Waals surface area contributed by atoms with Gasteiger partial charge in [0.25, 0.3) is 11.5 Å². The summed E-state index contributed by atoms with van der Waals surface area (Å²) >= 11 is 0. The lowest BCUT2D eigenvalue weighted by Crippen LogP contribution is -2.27. The number of H-pyrrole nitrogens is 1. The summed E-state index contributed by atoms with van der Waals surface area (Å²) < 4.78 is 0. The number of hydrogen-bond acceptors (Lipinski definition) is 2. The van der Waals surface area contributed by atoms with Crippen molar-refractivity contribution in [3.8, 4) is 0 Å². The van der Waals surface area contributed by atoms with Gasteiger partial charge in [-0.25, -0.2) is 0 Å². The molecule has 0 aliphatic carbocycles. The largest absolute Gasteiger partial charge is 0.352 e. The molecule has 4 aromatic rings. The second-order valence-corrected chi connectivity index (χ2v) is 7.14. The molecule has 0 fully saturated rings. The van der Waals surface area contributed by atoms with Crippen molar-refractivity contribution in [2.24, 2.45) is 0 Å². The van der Waals surface area contributed by atoms with Crippen molar-refractivity contribution in [2.45, 2.75) is 20.3 Å². The van der Waals surface area contributed by atoms with Crippen LogP contribution in [-0.4, -0.2) is 17.4 Å². The number of nitrogens with one attached hydrogen (secondary N) is 2. The van der Waals surface area contributed by atoms with E-state index in [1.54, 1.807) is 0 Å². The Bertz CT molecular complexity index is 1250. The van der Waals surface area contributed by atoms with Gasteiger partial charge in [-0.05, 0) is 54.3 Å². The summed E-state index contributed by atoms with van der Waals surface area (Å²) in [6.45, 7) is 4.43. The van der Waals surface area contributed by atoms with Gasteiger partial charge in [-0.15, -0.1) is 0 Å². The molecule has 0 aliphatic rings. The molecule has 1 heterocycles. The van der Waals surface area contributed by atoms with Crippen LogP contribution in [0.4, 0.5) is 0 Å². The van der Waals surface area contributed by atoms with Gasteiger partial charge in [0.2, 0.25) is 0 Å². The van der Waals surface area contributed by atoms with Gasteiger partial charge in [-0.1, -0.05) is 48.5 Å². The summed E-state index contributed by atoms with van der Waals surface area (Å²) in [5.74, 6) is -0.124. The number of amides is 1. The normalized spacial score (nSPS) is 11.1. The van der Waals surface area contributed by atoms with Crippen LogP contribution in [0.25, 0.3) is 21.7 Å². The highest BCUT2D eigenvalue weighted by Gasteiger charge is 2.11. The number of carbonyl (C=O) groups excluding carboxylic acids is 1. The molecule has 140 valence electrons. The van der Waals surface area contributed by atoms with Gasteiger partial charge in [0.1, 0.15) is 0 Å². The molecule has 0 saturated heterocycles. The minimum absolute atomic E-state index is 0.0967. The lowest BCUT2D eigenvalue weighted by molar-refractivity contribution is 0.0956. The van der Waals surface area contributed by atoms with Crippen molar-refractivity contribution in [2.75, 3.05) is 6.54 Å². The summed E-state index contributed by atoms with van der Waals surface area (Å²) in [6.07, 6.45) is 0.481. The molecule has 28 heavy (non-hydrogen) atoms. The van der Waals surface area contributed by atoms with Crippen molar-refractivity contribution in [3.63, 3.8) is 0 Å². The average Bonchev–Trinajstić information content (AvgIpc) is 2.71. The van der Waals surface area contributed by atoms with Crippen LogP contribution in [0.5, 0.6) is 0 Å². The maximum absolute atomic E-state index is 12.6. The Kier molecular flexibility index (Phi) is 4.70. The highest BCUT2D eigenvalue weighted by Crippen LogP contribution is 2.20. The van der Waals surface area contributed by atoms with E-state index in [4.69, 9.17) is 0 Å². The fraction of sp³-hybridized carbons (Fsp3) is 0.167. The zero-order chi connectivity index (χ0) is 19.7. The first kappa shape index (κ1) is 18.0. The fourth-order valence-corrected chi connectivity index (χ4v) is 3.63. The SMILES string of the molecule is Cc1ccc(C)c2[nH]c(=O)c(CCNC(=O)c3cccc4ccccc34)cc12. The monoisotopic (exact) mass is 370 g/mol. The van der Waals surface area contributed by atoms with Gasteiger partial charge >= 0.3 is 0 Å². The second-order valence-electron chi connectivity index (χ2n) is 7.14. The first-order valence-electron chi connectivity index (χ1n) is 9.42. The van der Waals surface area contributed by atoms with Crippen LogP contribution in [0.3, 0.4) is 0 Å². The van der Waals surface area contributed by atoms with Gasteiger partial charge in [-0.2, -0.15) is 0 Å². The van der Waals surface area contributed by atoms with E-state index in [1.807, 2.05) is 68.4 Å². The van der Waals surface area contributed by atoms with E-state index in [1.165, 1.54) is 0 Å². The molecular weight excluding hydrogens is 348 g/mol. The topological polar surface area (TPSA) is 62.0 Å². The van der Waals surface area contributed by atoms with Crippen molar-refractivity contribution in [1.82, 2.24) is 10.3 Å². The zero-order valence-electron chi connectivity index (χ0n) is 16.0. The molecule has 0 bridgehead atoms. The molecule has 3 aromatic carbocycles. The van der Waals surface area contributed by atoms with Crippen molar-refractivity contribution in [3.05, 3.63) is 93.3 Å². The third-order valence-corrected chi connectivity index (χ3v) is 5.23. The van der Waals surface area contributed by atoms with Crippen molar-refractivity contribution < 1.29 is 4.79 Å². The van der Waals surface area contributed by atoms with Gasteiger partial charge in [-0.3, -0.25) is 9.59 Å². The summed E-state index contributed by atoms with van der Waals surface area (Å²) in [5, 5.41) is 5.96. The minimum Gasteiger partial charge on any atom is -0.352 e. The number of aryl methyl sites for hydroxylation is 2. The van der Waals surface area contributed by atoms with Crippen LogP contribution in [0.15, 0.2) is 65.5 Å². The Morgan fingerprint density at radius 2 is 1.68 bits per heavy atom. The molecule has 0 radical (unpaired) electrons. The van der Waals surface area contributed by atoms with Crippen LogP contribution in [0, 0.1) is 13.8 Å². The van der Waals surface area contributed by atoms with E-state index in [9.17, 15) is 9.59 Å². The molecule has 4 rings (SSSR count). The molecule has 0 unspecified atom stereocenters. The van der Waals surface area contributed by atoms with Gasteiger partial charge in [0.05, 0.1) is 5.52 Å². The number of hydrogen-bond donors (Lipinski definition) is 2. The summed E-state index contributed by atoms with van der Waals surface area (Å²) in [7, 11) is 0. The number of fused-ring (bicyclic) bond motifs is 2. The third-order valence-electron chi connectivity index (χ3n) is 5.23. The maximum Gasteiger partial charge on any atom is 0.251 e. The molecule has 0 saturated carbocycles. The Hall–Kier alpha value is -3.40. The quantitative estimate of drug-likeness (QED) is 0.563. The molecule has 4 nitrogen and oxygen atoms in total. The fourth-order valence-electron chi connectivity index (χ4n) is 3.63. The molecule has 1 amide bonds. The summed E-state index contributed by atoms with van der Waals surface area (Å²) in [5.41, 5.74) is 4.29. The number of benzene rings is 3. The smallest absolute Gasteiger partial charge is 0.251 e. The first-order valence-corrected chi connectivity index (χ1v) is 9.42. The highest BCUT2D eigenvalue weighted by molar-refractivity contribution is 6.07. The van der Waals surface area contributed by atoms with Crippen LogP contribution in [-0.2, 0) is 6.42 Å². The van der Waals surface area contributed by atoms with E-state index in [-0.39, 0.29) is 11.5 Å². The lowest BCUT2D eigenvalue weighted by atomic mass is 10.0. The Labute approximate surface area is 163 Å². The van der Waals surface area contributed by atoms with Crippen LogP contribution in [0.2, 0.25) is 0 Å². The molecule has 0 atom stereocenters. The van der Waals surface area contributed by atoms with Gasteiger partial charge in [0, 0.05) is 23.1 Å². The predicted molar refractivity (Wildman–Crippen MR) is 114 cm³/mol. The summed E-state index contributed by atoms with van der Waals surface area (Å²) in [4.78, 5) is 28.1. The molecule has 4 heteroatoms. The summed E-state index contributed by atoms with van der Waals surface area (Å²) in [6, 6.07) is 19.5. The molecule has 0 aliphatic heterocycles. The van der Waals surface area contributed by atoms with Gasteiger partial charge < -0.3 is 10.3 Å². The number of rotatable bonds is 4. The second kappa shape index (κ2) is 7.31. The highest BCUT2D eigenvalue weighted by atomic mass is 16.1. The van der Waals surface area contributed by atoms with E-state index < -0.39 is 0 Å². The first-order chi connectivity index (χ1) is 13.5.